The lowest BCUT2D eigenvalue weighted by Crippen LogP contribution is -2.43. The van der Waals surface area contributed by atoms with E-state index in [4.69, 9.17) is 4.74 Å². The second-order valence-corrected chi connectivity index (χ2v) is 3.85. The number of hydrogen-bond acceptors (Lipinski definition) is 5. The maximum Gasteiger partial charge on any atom is 0.271 e. The molecule has 0 aromatic heterocycles. The molecule has 1 heterocycles. The van der Waals surface area contributed by atoms with Crippen LogP contribution in [0, 0.1) is 10.1 Å². The molecule has 1 aliphatic heterocycles. The van der Waals surface area contributed by atoms with Crippen molar-refractivity contribution in [1.29, 1.82) is 0 Å². The number of piperazine rings is 1. The summed E-state index contributed by atoms with van der Waals surface area (Å²) in [6.07, 6.45) is 0. The van der Waals surface area contributed by atoms with Gasteiger partial charge in [0.25, 0.3) is 5.69 Å². The van der Waals surface area contributed by atoms with Gasteiger partial charge in [-0.3, -0.25) is 10.1 Å². The van der Waals surface area contributed by atoms with E-state index in [0.29, 0.717) is 5.75 Å². The van der Waals surface area contributed by atoms with Crippen molar-refractivity contribution >= 4 is 23.8 Å². The molecule has 0 atom stereocenters. The number of rotatable bonds is 3. The van der Waals surface area contributed by atoms with E-state index in [2.05, 4.69) is 10.2 Å². The summed E-state index contributed by atoms with van der Waals surface area (Å²) >= 11 is 0. The number of halogens is 1. The van der Waals surface area contributed by atoms with Crippen molar-refractivity contribution in [2.24, 2.45) is 0 Å². The van der Waals surface area contributed by atoms with Crippen LogP contribution in [0.1, 0.15) is 0 Å². The highest BCUT2D eigenvalue weighted by Crippen LogP contribution is 2.32. The van der Waals surface area contributed by atoms with E-state index in [0.717, 1.165) is 31.9 Å². The Morgan fingerprint density at radius 2 is 2.06 bits per heavy atom. The van der Waals surface area contributed by atoms with Gasteiger partial charge in [-0.25, -0.2) is 0 Å². The maximum absolute atomic E-state index is 10.8. The summed E-state index contributed by atoms with van der Waals surface area (Å²) in [6.45, 7) is 3.42. The predicted molar refractivity (Wildman–Crippen MR) is 72.0 cm³/mol. The highest BCUT2D eigenvalue weighted by molar-refractivity contribution is 5.85. The Balaban J connectivity index is 0.00000162. The lowest BCUT2D eigenvalue weighted by molar-refractivity contribution is -0.384. The third-order valence-electron chi connectivity index (χ3n) is 2.83. The van der Waals surface area contributed by atoms with Gasteiger partial charge in [0.2, 0.25) is 0 Å². The Hall–Kier alpha value is -1.53. The topological polar surface area (TPSA) is 67.6 Å². The summed E-state index contributed by atoms with van der Waals surface area (Å²) < 4.78 is 5.25. The number of nitrogens with one attached hydrogen (secondary N) is 1. The van der Waals surface area contributed by atoms with E-state index in [9.17, 15) is 10.1 Å². The summed E-state index contributed by atoms with van der Waals surface area (Å²) in [7, 11) is 1.58. The van der Waals surface area contributed by atoms with Crippen LogP contribution in [0.15, 0.2) is 18.2 Å². The van der Waals surface area contributed by atoms with E-state index in [1.54, 1.807) is 19.2 Å². The Bertz CT molecular complexity index is 422. The van der Waals surface area contributed by atoms with Gasteiger partial charge in [0.15, 0.2) is 0 Å². The fourth-order valence-electron chi connectivity index (χ4n) is 1.94. The number of nitro benzene ring substituents is 1. The van der Waals surface area contributed by atoms with Gasteiger partial charge in [0, 0.05) is 38.3 Å². The van der Waals surface area contributed by atoms with Crippen molar-refractivity contribution in [2.75, 3.05) is 38.2 Å². The van der Waals surface area contributed by atoms with Gasteiger partial charge in [-0.15, -0.1) is 12.4 Å². The van der Waals surface area contributed by atoms with Crippen molar-refractivity contribution in [3.05, 3.63) is 28.3 Å². The highest BCUT2D eigenvalue weighted by atomic mass is 35.5. The zero-order valence-electron chi connectivity index (χ0n) is 10.1. The molecular weight excluding hydrogens is 258 g/mol. The first kappa shape index (κ1) is 14.5. The summed E-state index contributed by atoms with van der Waals surface area (Å²) in [5.74, 6) is 0.678. The SMILES string of the molecule is COc1ccc([N+](=O)[O-])cc1N1CCNCC1.Cl. The normalized spacial score (nSPS) is 14.8. The largest absolute Gasteiger partial charge is 0.495 e. The molecule has 0 aliphatic carbocycles. The molecule has 7 heteroatoms. The van der Waals surface area contributed by atoms with Crippen LogP contribution in [0.5, 0.6) is 5.75 Å². The average Bonchev–Trinajstić information content (AvgIpc) is 2.39. The molecular formula is C11H16ClN3O3. The summed E-state index contributed by atoms with van der Waals surface area (Å²) in [4.78, 5) is 12.5. The molecule has 0 amide bonds. The van der Waals surface area contributed by atoms with Crippen LogP contribution in [0.2, 0.25) is 0 Å². The summed E-state index contributed by atoms with van der Waals surface area (Å²) in [5.41, 5.74) is 0.891. The van der Waals surface area contributed by atoms with Crippen molar-refractivity contribution in [3.63, 3.8) is 0 Å². The van der Waals surface area contributed by atoms with Crippen LogP contribution >= 0.6 is 12.4 Å². The number of anilines is 1. The average molecular weight is 274 g/mol. The fourth-order valence-corrected chi connectivity index (χ4v) is 1.94. The van der Waals surface area contributed by atoms with Gasteiger partial charge in [0.1, 0.15) is 5.75 Å². The molecule has 1 aliphatic rings. The number of benzene rings is 1. The molecule has 6 nitrogen and oxygen atoms in total. The van der Waals surface area contributed by atoms with Crippen molar-refractivity contribution in [3.8, 4) is 5.75 Å². The minimum absolute atomic E-state index is 0. The van der Waals surface area contributed by atoms with Gasteiger partial charge < -0.3 is 15.0 Å². The standard InChI is InChI=1S/C11H15N3O3.ClH/c1-17-11-3-2-9(14(15)16)8-10(11)13-6-4-12-5-7-13;/h2-3,8,12H,4-7H2,1H3;1H. The lowest BCUT2D eigenvalue weighted by Gasteiger charge is -2.30. The molecule has 0 bridgehead atoms. The first-order chi connectivity index (χ1) is 8.22. The molecule has 1 fully saturated rings. The van der Waals surface area contributed by atoms with Gasteiger partial charge >= 0.3 is 0 Å². The number of ether oxygens (including phenoxy) is 1. The van der Waals surface area contributed by atoms with Crippen LogP contribution in [0.25, 0.3) is 0 Å². The first-order valence-corrected chi connectivity index (χ1v) is 5.50. The van der Waals surface area contributed by atoms with Gasteiger partial charge in [-0.1, -0.05) is 0 Å². The number of nitrogens with zero attached hydrogens (tertiary/aromatic N) is 2. The molecule has 1 saturated heterocycles. The van der Waals surface area contributed by atoms with Gasteiger partial charge in [-0.05, 0) is 6.07 Å². The molecule has 2 rings (SSSR count). The van der Waals surface area contributed by atoms with Crippen LogP contribution in [-0.4, -0.2) is 38.2 Å². The van der Waals surface area contributed by atoms with E-state index in [-0.39, 0.29) is 23.0 Å². The third-order valence-corrected chi connectivity index (χ3v) is 2.83. The van der Waals surface area contributed by atoms with Crippen molar-refractivity contribution in [1.82, 2.24) is 5.32 Å². The molecule has 1 aromatic carbocycles. The number of hydrogen-bond donors (Lipinski definition) is 1. The quantitative estimate of drug-likeness (QED) is 0.667. The van der Waals surface area contributed by atoms with E-state index >= 15 is 0 Å². The maximum atomic E-state index is 10.8. The molecule has 0 radical (unpaired) electrons. The van der Waals surface area contributed by atoms with E-state index in [1.165, 1.54) is 6.07 Å². The Morgan fingerprint density at radius 1 is 1.39 bits per heavy atom. The van der Waals surface area contributed by atoms with Gasteiger partial charge in [0.05, 0.1) is 17.7 Å². The minimum atomic E-state index is -0.384. The van der Waals surface area contributed by atoms with E-state index < -0.39 is 0 Å². The Kier molecular flexibility index (Phi) is 5.18. The number of methoxy groups -OCH3 is 1. The molecule has 0 unspecified atom stereocenters. The zero-order valence-corrected chi connectivity index (χ0v) is 10.9. The number of non-ortho nitro benzene ring substituents is 1. The minimum Gasteiger partial charge on any atom is -0.495 e. The summed E-state index contributed by atoms with van der Waals surface area (Å²) in [6, 6.07) is 4.68. The summed E-state index contributed by atoms with van der Waals surface area (Å²) in [5, 5.41) is 14.0. The molecule has 18 heavy (non-hydrogen) atoms. The van der Waals surface area contributed by atoms with Crippen LogP contribution < -0.4 is 15.0 Å². The van der Waals surface area contributed by atoms with E-state index in [1.807, 2.05) is 0 Å². The zero-order chi connectivity index (χ0) is 12.3. The molecule has 0 saturated carbocycles. The second kappa shape index (κ2) is 6.42. The first-order valence-electron chi connectivity index (χ1n) is 5.50. The molecule has 1 N–H and O–H groups in total. The molecule has 0 spiro atoms. The van der Waals surface area contributed by atoms with Crippen LogP contribution in [0.4, 0.5) is 11.4 Å². The van der Waals surface area contributed by atoms with Crippen molar-refractivity contribution < 1.29 is 9.66 Å². The Labute approximate surface area is 111 Å². The second-order valence-electron chi connectivity index (χ2n) is 3.85. The molecule has 100 valence electrons. The van der Waals surface area contributed by atoms with Crippen LogP contribution in [0.3, 0.4) is 0 Å². The predicted octanol–water partition coefficient (Wildman–Crippen LogP) is 1.43. The fraction of sp³-hybridized carbons (Fsp3) is 0.455. The van der Waals surface area contributed by atoms with Crippen LogP contribution in [-0.2, 0) is 0 Å². The monoisotopic (exact) mass is 273 g/mol. The lowest BCUT2D eigenvalue weighted by atomic mass is 10.2. The van der Waals surface area contributed by atoms with Crippen molar-refractivity contribution in [2.45, 2.75) is 0 Å². The van der Waals surface area contributed by atoms with Gasteiger partial charge in [-0.2, -0.15) is 0 Å². The molecule has 1 aromatic rings. The third kappa shape index (κ3) is 3.02. The Morgan fingerprint density at radius 3 is 2.61 bits per heavy atom. The smallest absolute Gasteiger partial charge is 0.271 e. The highest BCUT2D eigenvalue weighted by Gasteiger charge is 2.18. The number of nitro groups is 1.